The number of aromatic nitrogens is 1. The van der Waals surface area contributed by atoms with Gasteiger partial charge in [-0.05, 0) is 48.7 Å². The Morgan fingerprint density at radius 1 is 1.08 bits per heavy atom. The van der Waals surface area contributed by atoms with Gasteiger partial charge in [-0.3, -0.25) is 4.98 Å². The van der Waals surface area contributed by atoms with E-state index in [1.807, 2.05) is 42.5 Å². The Hall–Kier alpha value is -2.81. The highest BCUT2D eigenvalue weighted by atomic mass is 16.5. The summed E-state index contributed by atoms with van der Waals surface area (Å²) in [5, 5.41) is 0.917. The maximum Gasteiger partial charge on any atom is 0.145 e. The number of rotatable bonds is 5. The number of benzene rings is 2. The van der Waals surface area contributed by atoms with Crippen molar-refractivity contribution in [3.63, 3.8) is 0 Å². The molecular formula is C22H23NO2. The van der Waals surface area contributed by atoms with E-state index in [-0.39, 0.29) is 5.92 Å². The van der Waals surface area contributed by atoms with Gasteiger partial charge in [-0.15, -0.1) is 0 Å². The summed E-state index contributed by atoms with van der Waals surface area (Å²) in [7, 11) is 1.66. The predicted molar refractivity (Wildman–Crippen MR) is 104 cm³/mol. The Bertz CT molecular complexity index is 929. The second-order valence-electron chi connectivity index (χ2n) is 6.40. The minimum absolute atomic E-state index is 0.263. The van der Waals surface area contributed by atoms with Crippen LogP contribution in [0.3, 0.4) is 0 Å². The van der Waals surface area contributed by atoms with Crippen LogP contribution in [0.1, 0.15) is 36.6 Å². The fourth-order valence-electron chi connectivity index (χ4n) is 2.92. The molecule has 0 saturated heterocycles. The standard InChI is InChI=1S/C22H23NO2/c1-6-18-21(14(2)3)23-20-11-10-16(24-5)13-19(20)22(18)25-17-9-7-8-15(4)12-17/h6-14H,1H2,2-5H3. The van der Waals surface area contributed by atoms with Gasteiger partial charge < -0.3 is 9.47 Å². The second kappa shape index (κ2) is 6.98. The van der Waals surface area contributed by atoms with E-state index in [9.17, 15) is 0 Å². The number of ether oxygens (including phenoxy) is 2. The average molecular weight is 333 g/mol. The quantitative estimate of drug-likeness (QED) is 0.564. The molecule has 0 radical (unpaired) electrons. The first-order chi connectivity index (χ1) is 12.0. The van der Waals surface area contributed by atoms with Crippen LogP contribution in [-0.4, -0.2) is 12.1 Å². The van der Waals surface area contributed by atoms with Crippen LogP contribution in [0.4, 0.5) is 0 Å². The summed E-state index contributed by atoms with van der Waals surface area (Å²) in [5.41, 5.74) is 3.95. The van der Waals surface area contributed by atoms with Crippen molar-refractivity contribution >= 4 is 17.0 Å². The van der Waals surface area contributed by atoms with Crippen molar-refractivity contribution < 1.29 is 9.47 Å². The molecule has 0 fully saturated rings. The summed E-state index contributed by atoms with van der Waals surface area (Å²) in [5.74, 6) is 2.61. The molecule has 1 aromatic heterocycles. The highest BCUT2D eigenvalue weighted by molar-refractivity contribution is 5.91. The van der Waals surface area contributed by atoms with Gasteiger partial charge in [-0.1, -0.05) is 38.6 Å². The SMILES string of the molecule is C=Cc1c(C(C)C)nc2ccc(OC)cc2c1Oc1cccc(C)c1. The van der Waals surface area contributed by atoms with Crippen LogP contribution in [0.2, 0.25) is 0 Å². The monoisotopic (exact) mass is 333 g/mol. The summed E-state index contributed by atoms with van der Waals surface area (Å²) in [6.07, 6.45) is 1.83. The Balaban J connectivity index is 2.29. The average Bonchev–Trinajstić information content (AvgIpc) is 2.61. The summed E-state index contributed by atoms with van der Waals surface area (Å²) >= 11 is 0. The van der Waals surface area contributed by atoms with Gasteiger partial charge in [0.15, 0.2) is 0 Å². The third-order valence-corrected chi connectivity index (χ3v) is 4.17. The van der Waals surface area contributed by atoms with Crippen LogP contribution >= 0.6 is 0 Å². The number of hydrogen-bond donors (Lipinski definition) is 0. The van der Waals surface area contributed by atoms with E-state index in [1.165, 1.54) is 0 Å². The molecule has 2 aromatic carbocycles. The van der Waals surface area contributed by atoms with Gasteiger partial charge in [0.05, 0.1) is 18.3 Å². The predicted octanol–water partition coefficient (Wildman–Crippen LogP) is 6.11. The van der Waals surface area contributed by atoms with Gasteiger partial charge in [0, 0.05) is 10.9 Å². The highest BCUT2D eigenvalue weighted by Crippen LogP contribution is 2.39. The van der Waals surface area contributed by atoms with Crippen LogP contribution in [0.25, 0.3) is 17.0 Å². The molecule has 0 atom stereocenters. The molecule has 0 aliphatic carbocycles. The van der Waals surface area contributed by atoms with Gasteiger partial charge in [0.1, 0.15) is 17.2 Å². The molecular weight excluding hydrogens is 310 g/mol. The smallest absolute Gasteiger partial charge is 0.145 e. The van der Waals surface area contributed by atoms with Gasteiger partial charge in [0.2, 0.25) is 0 Å². The fraction of sp³-hybridized carbons (Fsp3) is 0.227. The third-order valence-electron chi connectivity index (χ3n) is 4.17. The lowest BCUT2D eigenvalue weighted by Crippen LogP contribution is -2.01. The number of fused-ring (bicyclic) bond motifs is 1. The molecule has 0 aliphatic heterocycles. The van der Waals surface area contributed by atoms with Gasteiger partial charge in [-0.25, -0.2) is 0 Å². The third kappa shape index (κ3) is 3.36. The molecule has 0 aliphatic rings. The normalized spacial score (nSPS) is 10.9. The van der Waals surface area contributed by atoms with Crippen LogP contribution in [-0.2, 0) is 0 Å². The van der Waals surface area contributed by atoms with Gasteiger partial charge in [-0.2, -0.15) is 0 Å². The second-order valence-corrected chi connectivity index (χ2v) is 6.40. The van der Waals surface area contributed by atoms with Crippen molar-refractivity contribution in [2.75, 3.05) is 7.11 Å². The topological polar surface area (TPSA) is 31.4 Å². The zero-order chi connectivity index (χ0) is 18.0. The summed E-state index contributed by atoms with van der Waals surface area (Å²) in [4.78, 5) is 4.83. The van der Waals surface area contributed by atoms with E-state index in [4.69, 9.17) is 14.5 Å². The molecule has 0 spiro atoms. The summed E-state index contributed by atoms with van der Waals surface area (Å²) in [6.45, 7) is 10.3. The first-order valence-corrected chi connectivity index (χ1v) is 8.42. The molecule has 3 rings (SSSR count). The fourth-order valence-corrected chi connectivity index (χ4v) is 2.92. The molecule has 3 aromatic rings. The van der Waals surface area contributed by atoms with Crippen molar-refractivity contribution in [3.8, 4) is 17.2 Å². The van der Waals surface area contributed by atoms with Gasteiger partial charge in [0.25, 0.3) is 0 Å². The summed E-state index contributed by atoms with van der Waals surface area (Å²) < 4.78 is 11.7. The van der Waals surface area contributed by atoms with Crippen molar-refractivity contribution in [2.45, 2.75) is 26.7 Å². The van der Waals surface area contributed by atoms with E-state index < -0.39 is 0 Å². The highest BCUT2D eigenvalue weighted by Gasteiger charge is 2.18. The van der Waals surface area contributed by atoms with E-state index in [2.05, 4.69) is 33.4 Å². The zero-order valence-electron chi connectivity index (χ0n) is 15.2. The molecule has 0 bridgehead atoms. The largest absolute Gasteiger partial charge is 0.497 e. The van der Waals surface area contributed by atoms with Crippen molar-refractivity contribution in [1.29, 1.82) is 0 Å². The Labute approximate surface area is 148 Å². The van der Waals surface area contributed by atoms with E-state index in [0.29, 0.717) is 0 Å². The number of aryl methyl sites for hydroxylation is 1. The number of methoxy groups -OCH3 is 1. The zero-order valence-corrected chi connectivity index (χ0v) is 15.2. The molecule has 128 valence electrons. The molecule has 0 amide bonds. The lowest BCUT2D eigenvalue weighted by atomic mass is 9.99. The maximum absolute atomic E-state index is 6.32. The van der Waals surface area contributed by atoms with Gasteiger partial charge >= 0.3 is 0 Å². The molecule has 25 heavy (non-hydrogen) atoms. The maximum atomic E-state index is 6.32. The first kappa shape index (κ1) is 17.0. The molecule has 0 saturated carbocycles. The minimum Gasteiger partial charge on any atom is -0.497 e. The molecule has 3 heteroatoms. The molecule has 1 heterocycles. The van der Waals surface area contributed by atoms with Crippen LogP contribution < -0.4 is 9.47 Å². The van der Waals surface area contributed by atoms with E-state index >= 15 is 0 Å². The van der Waals surface area contributed by atoms with Crippen LogP contribution in [0.5, 0.6) is 17.2 Å². The van der Waals surface area contributed by atoms with Crippen molar-refractivity contribution in [1.82, 2.24) is 4.98 Å². The minimum atomic E-state index is 0.263. The Morgan fingerprint density at radius 2 is 1.88 bits per heavy atom. The number of nitrogens with zero attached hydrogens (tertiary/aromatic N) is 1. The molecule has 0 unspecified atom stereocenters. The number of hydrogen-bond acceptors (Lipinski definition) is 3. The lowest BCUT2D eigenvalue weighted by Gasteiger charge is -2.18. The van der Waals surface area contributed by atoms with E-state index in [1.54, 1.807) is 7.11 Å². The van der Waals surface area contributed by atoms with Crippen molar-refractivity contribution in [3.05, 3.63) is 65.9 Å². The van der Waals surface area contributed by atoms with E-state index in [0.717, 1.165) is 45.0 Å². The van der Waals surface area contributed by atoms with Crippen LogP contribution in [0.15, 0.2) is 49.0 Å². The molecule has 0 N–H and O–H groups in total. The summed E-state index contributed by atoms with van der Waals surface area (Å²) in [6, 6.07) is 13.9. The Morgan fingerprint density at radius 3 is 2.52 bits per heavy atom. The Kier molecular flexibility index (Phi) is 4.75. The first-order valence-electron chi connectivity index (χ1n) is 8.42. The van der Waals surface area contributed by atoms with Crippen molar-refractivity contribution in [2.24, 2.45) is 0 Å². The lowest BCUT2D eigenvalue weighted by molar-refractivity contribution is 0.415. The van der Waals surface area contributed by atoms with Crippen LogP contribution in [0, 0.1) is 6.92 Å². The number of pyridine rings is 1. The molecule has 3 nitrogen and oxygen atoms in total.